The van der Waals surface area contributed by atoms with Crippen LogP contribution in [0.2, 0.25) is 0 Å². The molecule has 2 nitrogen and oxygen atoms in total. The Balaban J connectivity index is 2.40. The number of rotatable bonds is 4. The topological polar surface area (TPSA) is 29.1 Å². The summed E-state index contributed by atoms with van der Waals surface area (Å²) in [6.45, 7) is 5.70. The molecule has 0 aliphatic carbocycles. The summed E-state index contributed by atoms with van der Waals surface area (Å²) in [6.07, 6.45) is 2.01. The minimum Gasteiger partial charge on any atom is -0.354 e. The van der Waals surface area contributed by atoms with Crippen molar-refractivity contribution in [3.8, 4) is 0 Å². The normalized spacial score (nSPS) is 12.2. The molecular weight excluding hydrogens is 186 g/mol. The Hall–Kier alpha value is -1.31. The van der Waals surface area contributed by atoms with Gasteiger partial charge >= 0.3 is 0 Å². The van der Waals surface area contributed by atoms with Crippen LogP contribution in [0.25, 0.3) is 0 Å². The highest BCUT2D eigenvalue weighted by molar-refractivity contribution is 5.73. The number of amides is 1. The van der Waals surface area contributed by atoms with Crippen molar-refractivity contribution >= 4 is 5.91 Å². The fourth-order valence-corrected chi connectivity index (χ4v) is 1.67. The number of carbonyl (C=O) groups excluding carboxylic acids is 1. The summed E-state index contributed by atoms with van der Waals surface area (Å²) in [6, 6.07) is 8.76. The zero-order chi connectivity index (χ0) is 11.3. The largest absolute Gasteiger partial charge is 0.354 e. The standard InChI is InChI=1S/C13H19NO/c1-10-5-4-6-13(9-10)8-7-11(2)14-12(3)15/h4-6,9,11H,7-8H2,1-3H3,(H,14,15). The second kappa shape index (κ2) is 5.54. The number of hydrogen-bond acceptors (Lipinski definition) is 1. The van der Waals surface area contributed by atoms with Crippen LogP contribution in [0.15, 0.2) is 24.3 Å². The predicted octanol–water partition coefficient (Wildman–Crippen LogP) is 2.45. The molecule has 1 aromatic carbocycles. The number of benzene rings is 1. The van der Waals surface area contributed by atoms with Gasteiger partial charge in [0.1, 0.15) is 0 Å². The molecule has 0 spiro atoms. The van der Waals surface area contributed by atoms with Crippen LogP contribution in [0.5, 0.6) is 0 Å². The molecule has 15 heavy (non-hydrogen) atoms. The maximum Gasteiger partial charge on any atom is 0.217 e. The summed E-state index contributed by atoms with van der Waals surface area (Å²) >= 11 is 0. The summed E-state index contributed by atoms with van der Waals surface area (Å²) in [4.78, 5) is 10.8. The lowest BCUT2D eigenvalue weighted by molar-refractivity contribution is -0.119. The molecule has 1 aromatic rings. The van der Waals surface area contributed by atoms with Gasteiger partial charge in [0, 0.05) is 13.0 Å². The summed E-state index contributed by atoms with van der Waals surface area (Å²) < 4.78 is 0. The molecule has 1 amide bonds. The molecule has 82 valence electrons. The van der Waals surface area contributed by atoms with Gasteiger partial charge in [-0.05, 0) is 32.3 Å². The van der Waals surface area contributed by atoms with Crippen LogP contribution in [0.1, 0.15) is 31.4 Å². The average molecular weight is 205 g/mol. The molecule has 1 atom stereocenters. The van der Waals surface area contributed by atoms with Crippen molar-refractivity contribution < 1.29 is 4.79 Å². The summed E-state index contributed by atoms with van der Waals surface area (Å²) in [7, 11) is 0. The Morgan fingerprint density at radius 1 is 1.47 bits per heavy atom. The number of carbonyl (C=O) groups is 1. The first-order valence-electron chi connectivity index (χ1n) is 5.40. The van der Waals surface area contributed by atoms with Gasteiger partial charge in [0.15, 0.2) is 0 Å². The van der Waals surface area contributed by atoms with E-state index in [-0.39, 0.29) is 11.9 Å². The predicted molar refractivity (Wildman–Crippen MR) is 62.8 cm³/mol. The Kier molecular flexibility index (Phi) is 4.35. The van der Waals surface area contributed by atoms with Gasteiger partial charge in [-0.3, -0.25) is 4.79 Å². The minimum absolute atomic E-state index is 0.0479. The van der Waals surface area contributed by atoms with E-state index in [0.717, 1.165) is 12.8 Å². The molecule has 0 fully saturated rings. The van der Waals surface area contributed by atoms with E-state index in [4.69, 9.17) is 0 Å². The lowest BCUT2D eigenvalue weighted by Gasteiger charge is -2.12. The fourth-order valence-electron chi connectivity index (χ4n) is 1.67. The third-order valence-corrected chi connectivity index (χ3v) is 2.40. The van der Waals surface area contributed by atoms with Crippen LogP contribution in [0.4, 0.5) is 0 Å². The third-order valence-electron chi connectivity index (χ3n) is 2.40. The number of hydrogen-bond donors (Lipinski definition) is 1. The zero-order valence-corrected chi connectivity index (χ0v) is 9.71. The van der Waals surface area contributed by atoms with Gasteiger partial charge in [0.2, 0.25) is 5.91 Å². The van der Waals surface area contributed by atoms with Crippen LogP contribution in [-0.4, -0.2) is 11.9 Å². The molecule has 0 aliphatic rings. The summed E-state index contributed by atoms with van der Waals surface area (Å²) in [5.41, 5.74) is 2.63. The van der Waals surface area contributed by atoms with Gasteiger partial charge < -0.3 is 5.32 Å². The second-order valence-electron chi connectivity index (χ2n) is 4.13. The van der Waals surface area contributed by atoms with E-state index in [2.05, 4.69) is 36.5 Å². The smallest absolute Gasteiger partial charge is 0.217 e. The SMILES string of the molecule is CC(=O)NC(C)CCc1cccc(C)c1. The van der Waals surface area contributed by atoms with Crippen molar-refractivity contribution in [3.63, 3.8) is 0 Å². The number of nitrogens with one attached hydrogen (secondary N) is 1. The first-order chi connectivity index (χ1) is 7.08. The average Bonchev–Trinajstić information content (AvgIpc) is 2.14. The van der Waals surface area contributed by atoms with Crippen LogP contribution < -0.4 is 5.32 Å². The molecule has 2 heteroatoms. The van der Waals surface area contributed by atoms with Crippen molar-refractivity contribution in [2.45, 2.75) is 39.7 Å². The third kappa shape index (κ3) is 4.63. The fraction of sp³-hybridized carbons (Fsp3) is 0.462. The van der Waals surface area contributed by atoms with Crippen LogP contribution in [-0.2, 0) is 11.2 Å². The van der Waals surface area contributed by atoms with Crippen LogP contribution >= 0.6 is 0 Å². The molecule has 1 N–H and O–H groups in total. The first kappa shape index (κ1) is 11.8. The maximum absolute atomic E-state index is 10.8. The van der Waals surface area contributed by atoms with E-state index < -0.39 is 0 Å². The maximum atomic E-state index is 10.8. The molecule has 1 rings (SSSR count). The lowest BCUT2D eigenvalue weighted by Crippen LogP contribution is -2.30. The van der Waals surface area contributed by atoms with Gasteiger partial charge in [-0.2, -0.15) is 0 Å². The first-order valence-corrected chi connectivity index (χ1v) is 5.40. The molecule has 0 saturated heterocycles. The molecule has 0 bridgehead atoms. The molecule has 0 radical (unpaired) electrons. The Bertz CT molecular complexity index is 333. The van der Waals surface area contributed by atoms with E-state index >= 15 is 0 Å². The van der Waals surface area contributed by atoms with Gasteiger partial charge in [-0.15, -0.1) is 0 Å². The highest BCUT2D eigenvalue weighted by Gasteiger charge is 2.03. The van der Waals surface area contributed by atoms with E-state index in [1.54, 1.807) is 6.92 Å². The molecule has 0 aromatic heterocycles. The van der Waals surface area contributed by atoms with E-state index in [1.807, 2.05) is 6.92 Å². The highest BCUT2D eigenvalue weighted by Crippen LogP contribution is 2.07. The van der Waals surface area contributed by atoms with Gasteiger partial charge in [0.05, 0.1) is 0 Å². The molecular formula is C13H19NO. The van der Waals surface area contributed by atoms with Crippen LogP contribution in [0.3, 0.4) is 0 Å². The van der Waals surface area contributed by atoms with Crippen molar-refractivity contribution in [3.05, 3.63) is 35.4 Å². The van der Waals surface area contributed by atoms with Gasteiger partial charge in [-0.1, -0.05) is 29.8 Å². The van der Waals surface area contributed by atoms with E-state index in [1.165, 1.54) is 11.1 Å². The Morgan fingerprint density at radius 2 is 2.20 bits per heavy atom. The zero-order valence-electron chi connectivity index (χ0n) is 9.71. The summed E-state index contributed by atoms with van der Waals surface area (Å²) in [5, 5.41) is 2.89. The van der Waals surface area contributed by atoms with Crippen molar-refractivity contribution in [2.24, 2.45) is 0 Å². The molecule has 1 unspecified atom stereocenters. The Morgan fingerprint density at radius 3 is 2.80 bits per heavy atom. The lowest BCUT2D eigenvalue weighted by atomic mass is 10.0. The van der Waals surface area contributed by atoms with Gasteiger partial charge in [0.25, 0.3) is 0 Å². The molecule has 0 aliphatic heterocycles. The molecule has 0 saturated carbocycles. The number of aryl methyl sites for hydroxylation is 2. The van der Waals surface area contributed by atoms with Crippen molar-refractivity contribution in [1.82, 2.24) is 5.32 Å². The Labute approximate surface area is 91.7 Å². The second-order valence-corrected chi connectivity index (χ2v) is 4.13. The monoisotopic (exact) mass is 205 g/mol. The molecule has 0 heterocycles. The van der Waals surface area contributed by atoms with Gasteiger partial charge in [-0.25, -0.2) is 0 Å². The van der Waals surface area contributed by atoms with Crippen LogP contribution in [0, 0.1) is 6.92 Å². The summed E-state index contributed by atoms with van der Waals surface area (Å²) in [5.74, 6) is 0.0479. The van der Waals surface area contributed by atoms with Crippen molar-refractivity contribution in [1.29, 1.82) is 0 Å². The quantitative estimate of drug-likeness (QED) is 0.803. The highest BCUT2D eigenvalue weighted by atomic mass is 16.1. The van der Waals surface area contributed by atoms with E-state index in [9.17, 15) is 4.79 Å². The van der Waals surface area contributed by atoms with Crippen molar-refractivity contribution in [2.75, 3.05) is 0 Å². The van der Waals surface area contributed by atoms with E-state index in [0.29, 0.717) is 0 Å². The minimum atomic E-state index is 0.0479.